The Morgan fingerprint density at radius 2 is 2.43 bits per heavy atom. The molecule has 0 aliphatic rings. The number of thiol groups is 1. The van der Waals surface area contributed by atoms with E-state index < -0.39 is 0 Å². The average molecular weight is 119 g/mol. The van der Waals surface area contributed by atoms with Gasteiger partial charge in [0.25, 0.3) is 0 Å². The molecule has 0 saturated heterocycles. The van der Waals surface area contributed by atoms with Crippen LogP contribution in [0.25, 0.3) is 0 Å². The molecule has 0 aromatic rings. The highest BCUT2D eigenvalue weighted by Gasteiger charge is 1.97. The molecule has 2 N–H and O–H groups in total. The Morgan fingerprint density at radius 1 is 2.00 bits per heavy atom. The Bertz CT molecular complexity index is 72.1. The molecular formula is C4H9NOS. The van der Waals surface area contributed by atoms with Crippen LogP contribution >= 0.6 is 12.6 Å². The molecule has 1 atom stereocenters. The standard InChI is InChI=1S/C4H9NOS/c1-3(7)2-4(5)6/h3,7H,2H2,1H3,(H2,5,6). The molecule has 3 heteroatoms. The van der Waals surface area contributed by atoms with Gasteiger partial charge in [-0.1, -0.05) is 6.92 Å². The average Bonchev–Trinajstić information content (AvgIpc) is 1.27. The maximum Gasteiger partial charge on any atom is 0.218 e. The highest BCUT2D eigenvalue weighted by molar-refractivity contribution is 7.80. The first kappa shape index (κ1) is 6.82. The predicted molar refractivity (Wildman–Crippen MR) is 32.3 cm³/mol. The van der Waals surface area contributed by atoms with Crippen LogP contribution in [0.3, 0.4) is 0 Å². The summed E-state index contributed by atoms with van der Waals surface area (Å²) < 4.78 is 0. The van der Waals surface area contributed by atoms with Gasteiger partial charge in [0.05, 0.1) is 0 Å². The van der Waals surface area contributed by atoms with E-state index in [4.69, 9.17) is 5.73 Å². The lowest BCUT2D eigenvalue weighted by atomic mass is 10.3. The molecule has 0 aliphatic heterocycles. The van der Waals surface area contributed by atoms with Crippen LogP contribution in [0.5, 0.6) is 0 Å². The second-order valence-electron chi connectivity index (χ2n) is 1.52. The summed E-state index contributed by atoms with van der Waals surface area (Å²) in [6.45, 7) is 1.83. The normalized spacial score (nSPS) is 13.4. The van der Waals surface area contributed by atoms with Gasteiger partial charge in [0.2, 0.25) is 5.91 Å². The predicted octanol–water partition coefficient (Wildman–Crippen LogP) is 0.180. The van der Waals surface area contributed by atoms with Crippen LogP contribution in [0.2, 0.25) is 0 Å². The Morgan fingerprint density at radius 3 is 2.43 bits per heavy atom. The van der Waals surface area contributed by atoms with Crippen LogP contribution in [0, 0.1) is 0 Å². The van der Waals surface area contributed by atoms with Gasteiger partial charge in [-0.25, -0.2) is 0 Å². The zero-order valence-electron chi connectivity index (χ0n) is 4.22. The van der Waals surface area contributed by atoms with Crippen molar-refractivity contribution in [3.63, 3.8) is 0 Å². The van der Waals surface area contributed by atoms with Crippen molar-refractivity contribution >= 4 is 18.5 Å². The van der Waals surface area contributed by atoms with Crippen LogP contribution in [-0.4, -0.2) is 11.2 Å². The third-order valence-electron chi connectivity index (χ3n) is 0.497. The van der Waals surface area contributed by atoms with Gasteiger partial charge < -0.3 is 5.73 Å². The Hall–Kier alpha value is -0.180. The van der Waals surface area contributed by atoms with Gasteiger partial charge in [0.1, 0.15) is 0 Å². The fourth-order valence-corrected chi connectivity index (χ4v) is 0.471. The lowest BCUT2D eigenvalue weighted by molar-refractivity contribution is -0.117. The molecule has 0 saturated carbocycles. The molecule has 2 nitrogen and oxygen atoms in total. The SMILES string of the molecule is CC(S)CC(N)=O. The topological polar surface area (TPSA) is 43.1 Å². The summed E-state index contributed by atoms with van der Waals surface area (Å²) in [7, 11) is 0. The Balaban J connectivity index is 3.13. The molecule has 42 valence electrons. The number of carbonyl (C=O) groups is 1. The van der Waals surface area contributed by atoms with E-state index in [1.807, 2.05) is 6.92 Å². The summed E-state index contributed by atoms with van der Waals surface area (Å²) in [5.41, 5.74) is 4.81. The lowest BCUT2D eigenvalue weighted by Crippen LogP contribution is -2.14. The van der Waals surface area contributed by atoms with Crippen molar-refractivity contribution in [2.75, 3.05) is 0 Å². The second kappa shape index (κ2) is 2.91. The Labute approximate surface area is 48.5 Å². The van der Waals surface area contributed by atoms with Crippen molar-refractivity contribution in [1.82, 2.24) is 0 Å². The van der Waals surface area contributed by atoms with E-state index in [2.05, 4.69) is 12.6 Å². The van der Waals surface area contributed by atoms with Gasteiger partial charge >= 0.3 is 0 Å². The minimum absolute atomic E-state index is 0.0949. The van der Waals surface area contributed by atoms with Crippen molar-refractivity contribution < 1.29 is 4.79 Å². The van der Waals surface area contributed by atoms with E-state index in [1.165, 1.54) is 0 Å². The summed E-state index contributed by atoms with van der Waals surface area (Å²) in [6, 6.07) is 0. The minimum Gasteiger partial charge on any atom is -0.370 e. The summed E-state index contributed by atoms with van der Waals surface area (Å²) in [5, 5.41) is 0.0949. The highest BCUT2D eigenvalue weighted by Crippen LogP contribution is 1.95. The zero-order valence-corrected chi connectivity index (χ0v) is 5.11. The van der Waals surface area contributed by atoms with Gasteiger partial charge in [-0.05, 0) is 0 Å². The minimum atomic E-state index is -0.289. The van der Waals surface area contributed by atoms with Crippen LogP contribution in [0.15, 0.2) is 0 Å². The fraction of sp³-hybridized carbons (Fsp3) is 0.750. The van der Waals surface area contributed by atoms with Gasteiger partial charge in [-0.3, -0.25) is 4.79 Å². The second-order valence-corrected chi connectivity index (χ2v) is 2.40. The summed E-state index contributed by atoms with van der Waals surface area (Å²) in [6.07, 6.45) is 0.364. The van der Waals surface area contributed by atoms with Gasteiger partial charge in [-0.2, -0.15) is 12.6 Å². The third kappa shape index (κ3) is 5.82. The van der Waals surface area contributed by atoms with E-state index in [-0.39, 0.29) is 11.2 Å². The molecule has 0 aliphatic carbocycles. The van der Waals surface area contributed by atoms with E-state index in [9.17, 15) is 4.79 Å². The molecule has 0 spiro atoms. The summed E-state index contributed by atoms with van der Waals surface area (Å²) in [4.78, 5) is 9.98. The maximum absolute atomic E-state index is 9.98. The summed E-state index contributed by atoms with van der Waals surface area (Å²) >= 11 is 3.94. The molecule has 1 unspecified atom stereocenters. The van der Waals surface area contributed by atoms with Crippen LogP contribution in [0.1, 0.15) is 13.3 Å². The summed E-state index contributed by atoms with van der Waals surface area (Å²) in [5.74, 6) is -0.289. The van der Waals surface area contributed by atoms with Crippen LogP contribution in [-0.2, 0) is 4.79 Å². The number of amides is 1. The number of rotatable bonds is 2. The molecule has 7 heavy (non-hydrogen) atoms. The van der Waals surface area contributed by atoms with Gasteiger partial charge in [0, 0.05) is 11.7 Å². The molecular weight excluding hydrogens is 110 g/mol. The number of carbonyl (C=O) groups excluding carboxylic acids is 1. The van der Waals surface area contributed by atoms with Crippen molar-refractivity contribution in [3.8, 4) is 0 Å². The lowest BCUT2D eigenvalue weighted by Gasteiger charge is -1.94. The van der Waals surface area contributed by atoms with Gasteiger partial charge in [0.15, 0.2) is 0 Å². The molecule has 0 bridgehead atoms. The van der Waals surface area contributed by atoms with Gasteiger partial charge in [-0.15, -0.1) is 0 Å². The molecule has 0 aromatic carbocycles. The third-order valence-corrected chi connectivity index (χ3v) is 0.679. The Kier molecular flexibility index (Phi) is 2.83. The molecule has 0 fully saturated rings. The maximum atomic E-state index is 9.98. The zero-order chi connectivity index (χ0) is 5.86. The number of primary amides is 1. The largest absolute Gasteiger partial charge is 0.370 e. The van der Waals surface area contributed by atoms with E-state index in [1.54, 1.807) is 0 Å². The number of nitrogens with two attached hydrogens (primary N) is 1. The van der Waals surface area contributed by atoms with Crippen molar-refractivity contribution in [3.05, 3.63) is 0 Å². The van der Waals surface area contributed by atoms with E-state index >= 15 is 0 Å². The molecule has 0 aromatic heterocycles. The fourth-order valence-electron chi connectivity index (χ4n) is 0.291. The first-order chi connectivity index (χ1) is 3.13. The molecule has 0 heterocycles. The number of hydrogen-bond donors (Lipinski definition) is 2. The molecule has 1 amide bonds. The van der Waals surface area contributed by atoms with Crippen LogP contribution < -0.4 is 5.73 Å². The first-order valence-electron chi connectivity index (χ1n) is 2.09. The van der Waals surface area contributed by atoms with E-state index in [0.29, 0.717) is 6.42 Å². The molecule has 0 rings (SSSR count). The van der Waals surface area contributed by atoms with E-state index in [0.717, 1.165) is 0 Å². The van der Waals surface area contributed by atoms with Crippen molar-refractivity contribution in [2.24, 2.45) is 5.73 Å². The van der Waals surface area contributed by atoms with Crippen molar-refractivity contribution in [1.29, 1.82) is 0 Å². The first-order valence-corrected chi connectivity index (χ1v) is 2.61. The van der Waals surface area contributed by atoms with Crippen LogP contribution in [0.4, 0.5) is 0 Å². The molecule has 0 radical (unpaired) electrons. The quantitative estimate of drug-likeness (QED) is 0.500. The number of hydrogen-bond acceptors (Lipinski definition) is 2. The monoisotopic (exact) mass is 119 g/mol. The van der Waals surface area contributed by atoms with Crippen molar-refractivity contribution in [2.45, 2.75) is 18.6 Å². The smallest absolute Gasteiger partial charge is 0.218 e. The highest BCUT2D eigenvalue weighted by atomic mass is 32.1.